The van der Waals surface area contributed by atoms with Gasteiger partial charge in [0, 0.05) is 11.1 Å². The van der Waals surface area contributed by atoms with Crippen molar-refractivity contribution in [2.75, 3.05) is 25.7 Å². The summed E-state index contributed by atoms with van der Waals surface area (Å²) < 4.78 is 10.5. The van der Waals surface area contributed by atoms with Gasteiger partial charge in [-0.15, -0.1) is 0 Å². The van der Waals surface area contributed by atoms with Gasteiger partial charge in [0.15, 0.2) is 11.5 Å². The molecule has 1 amide bonds. The lowest BCUT2D eigenvalue weighted by molar-refractivity contribution is -0.136. The van der Waals surface area contributed by atoms with Gasteiger partial charge in [-0.25, -0.2) is 0 Å². The summed E-state index contributed by atoms with van der Waals surface area (Å²) >= 11 is 0. The first-order valence-electron chi connectivity index (χ1n) is 7.62. The number of carbonyl (C=O) groups is 2. The van der Waals surface area contributed by atoms with Crippen molar-refractivity contribution in [1.82, 2.24) is 0 Å². The molecule has 0 aliphatic carbocycles. The molecule has 1 N–H and O–H groups in total. The molecule has 0 saturated carbocycles. The minimum absolute atomic E-state index is 0.335. The van der Waals surface area contributed by atoms with Crippen LogP contribution < -0.4 is 14.4 Å². The number of anilines is 1. The van der Waals surface area contributed by atoms with Crippen LogP contribution >= 0.6 is 0 Å². The molecule has 128 valence electrons. The number of fused-ring (bicyclic) bond motifs is 1. The third kappa shape index (κ3) is 3.06. The Morgan fingerprint density at radius 2 is 1.84 bits per heavy atom. The Balaban J connectivity index is 2.06. The largest absolute Gasteiger partial charge is 0.493 e. The van der Waals surface area contributed by atoms with E-state index >= 15 is 0 Å². The van der Waals surface area contributed by atoms with Gasteiger partial charge in [0.25, 0.3) is 5.91 Å². The monoisotopic (exact) mass is 339 g/mol. The van der Waals surface area contributed by atoms with Crippen molar-refractivity contribution >= 4 is 29.2 Å². The van der Waals surface area contributed by atoms with E-state index in [1.165, 1.54) is 4.90 Å². The molecule has 0 fully saturated rings. The molecule has 0 spiro atoms. The summed E-state index contributed by atoms with van der Waals surface area (Å²) in [6.45, 7) is -0.376. The van der Waals surface area contributed by atoms with Crippen molar-refractivity contribution in [2.45, 2.75) is 0 Å². The number of benzene rings is 2. The normalized spacial score (nSPS) is 14.6. The molecule has 6 nitrogen and oxygen atoms in total. The number of hydrogen-bond acceptors (Lipinski definition) is 4. The molecule has 1 heterocycles. The highest BCUT2D eigenvalue weighted by Gasteiger charge is 2.33. The van der Waals surface area contributed by atoms with Gasteiger partial charge in [-0.2, -0.15) is 0 Å². The molecule has 0 unspecified atom stereocenters. The molecule has 0 bridgehead atoms. The van der Waals surface area contributed by atoms with Crippen molar-refractivity contribution < 1.29 is 24.2 Å². The quantitative estimate of drug-likeness (QED) is 0.848. The van der Waals surface area contributed by atoms with Crippen molar-refractivity contribution in [3.63, 3.8) is 0 Å². The zero-order chi connectivity index (χ0) is 18.0. The van der Waals surface area contributed by atoms with E-state index in [9.17, 15) is 9.59 Å². The summed E-state index contributed by atoms with van der Waals surface area (Å²) in [5, 5.41) is 9.08. The molecule has 0 atom stereocenters. The van der Waals surface area contributed by atoms with Crippen LogP contribution in [0.3, 0.4) is 0 Å². The number of carbonyl (C=O) groups excluding carboxylic acids is 1. The highest BCUT2D eigenvalue weighted by Crippen LogP contribution is 2.38. The average molecular weight is 339 g/mol. The van der Waals surface area contributed by atoms with E-state index in [0.29, 0.717) is 28.3 Å². The highest BCUT2D eigenvalue weighted by atomic mass is 16.5. The number of methoxy groups -OCH3 is 2. The second-order valence-corrected chi connectivity index (χ2v) is 5.47. The lowest BCUT2D eigenvalue weighted by atomic mass is 10.0. The zero-order valence-electron chi connectivity index (χ0n) is 13.9. The Bertz CT molecular complexity index is 872. The molecule has 2 aromatic carbocycles. The summed E-state index contributed by atoms with van der Waals surface area (Å²) in [7, 11) is 3.09. The molecule has 0 aromatic heterocycles. The number of carboxylic acids is 1. The smallest absolute Gasteiger partial charge is 0.323 e. The van der Waals surface area contributed by atoms with Crippen LogP contribution in [0.15, 0.2) is 42.5 Å². The van der Waals surface area contributed by atoms with E-state index in [1.54, 1.807) is 44.6 Å². The van der Waals surface area contributed by atoms with Crippen molar-refractivity contribution in [3.05, 3.63) is 53.6 Å². The Hall–Kier alpha value is -3.28. The number of carboxylic acid groups (broad SMARTS) is 1. The second-order valence-electron chi connectivity index (χ2n) is 5.47. The molecule has 6 heteroatoms. The maximum atomic E-state index is 12.7. The third-order valence-electron chi connectivity index (χ3n) is 3.97. The lowest BCUT2D eigenvalue weighted by Gasteiger charge is -2.13. The van der Waals surface area contributed by atoms with E-state index in [2.05, 4.69) is 0 Å². The van der Waals surface area contributed by atoms with Crippen LogP contribution in [0.4, 0.5) is 5.69 Å². The van der Waals surface area contributed by atoms with Gasteiger partial charge >= 0.3 is 5.97 Å². The van der Waals surface area contributed by atoms with Gasteiger partial charge in [-0.05, 0) is 29.8 Å². The van der Waals surface area contributed by atoms with Gasteiger partial charge in [-0.3, -0.25) is 14.5 Å². The van der Waals surface area contributed by atoms with Gasteiger partial charge in [0.1, 0.15) is 6.54 Å². The first kappa shape index (κ1) is 16.6. The summed E-state index contributed by atoms with van der Waals surface area (Å²) in [4.78, 5) is 25.1. The molecular formula is C19H17NO5. The topological polar surface area (TPSA) is 76.1 Å². The van der Waals surface area contributed by atoms with Crippen LogP contribution in [-0.4, -0.2) is 37.7 Å². The minimum Gasteiger partial charge on any atom is -0.493 e. The van der Waals surface area contributed by atoms with Crippen molar-refractivity contribution in [1.29, 1.82) is 0 Å². The number of amides is 1. The maximum absolute atomic E-state index is 12.7. The highest BCUT2D eigenvalue weighted by molar-refractivity contribution is 6.36. The van der Waals surface area contributed by atoms with Crippen LogP contribution in [-0.2, 0) is 9.59 Å². The second kappa shape index (κ2) is 6.68. The summed E-state index contributed by atoms with van der Waals surface area (Å²) in [5.41, 5.74) is 2.52. The Morgan fingerprint density at radius 1 is 1.12 bits per heavy atom. The number of nitrogens with zero attached hydrogens (tertiary/aromatic N) is 1. The fraction of sp³-hybridized carbons (Fsp3) is 0.158. The van der Waals surface area contributed by atoms with Crippen molar-refractivity contribution in [2.24, 2.45) is 0 Å². The molecule has 2 aromatic rings. The van der Waals surface area contributed by atoms with Gasteiger partial charge in [0.2, 0.25) is 0 Å². The van der Waals surface area contributed by atoms with E-state index in [0.717, 1.165) is 5.56 Å². The molecule has 0 radical (unpaired) electrons. The standard InChI is InChI=1S/C19H17NO5/c1-24-16-8-7-12(10-17(16)25-2)9-14-13-5-3-4-6-15(13)20(19(14)23)11-18(21)22/h3-10H,11H2,1-2H3,(H,21,22)/b14-9-. The Labute approximate surface area is 144 Å². The Kier molecular flexibility index (Phi) is 4.43. The number of aliphatic carboxylic acids is 1. The molecule has 0 saturated heterocycles. The number of para-hydroxylation sites is 1. The summed E-state index contributed by atoms with van der Waals surface area (Å²) in [6, 6.07) is 12.5. The van der Waals surface area contributed by atoms with Gasteiger partial charge < -0.3 is 14.6 Å². The average Bonchev–Trinajstić information content (AvgIpc) is 2.87. The van der Waals surface area contributed by atoms with Crippen LogP contribution in [0.25, 0.3) is 11.6 Å². The van der Waals surface area contributed by atoms with E-state index in [1.807, 2.05) is 18.2 Å². The predicted octanol–water partition coefficient (Wildman–Crippen LogP) is 2.68. The lowest BCUT2D eigenvalue weighted by Crippen LogP contribution is -2.32. The van der Waals surface area contributed by atoms with E-state index < -0.39 is 5.97 Å². The summed E-state index contributed by atoms with van der Waals surface area (Å²) in [6.07, 6.45) is 1.73. The third-order valence-corrected chi connectivity index (χ3v) is 3.97. The van der Waals surface area contributed by atoms with Crippen LogP contribution in [0.5, 0.6) is 11.5 Å². The molecule has 1 aliphatic heterocycles. The summed E-state index contributed by atoms with van der Waals surface area (Å²) in [5.74, 6) is -0.248. The fourth-order valence-corrected chi connectivity index (χ4v) is 2.85. The van der Waals surface area contributed by atoms with Gasteiger partial charge in [0.05, 0.1) is 19.9 Å². The van der Waals surface area contributed by atoms with E-state index in [4.69, 9.17) is 14.6 Å². The number of ether oxygens (including phenoxy) is 2. The molecule has 3 rings (SSSR count). The minimum atomic E-state index is -1.06. The zero-order valence-corrected chi connectivity index (χ0v) is 13.9. The first-order valence-corrected chi connectivity index (χ1v) is 7.62. The molecule has 25 heavy (non-hydrogen) atoms. The Morgan fingerprint density at radius 3 is 2.52 bits per heavy atom. The molecule has 1 aliphatic rings. The number of hydrogen-bond donors (Lipinski definition) is 1. The van der Waals surface area contributed by atoms with E-state index in [-0.39, 0.29) is 12.5 Å². The predicted molar refractivity (Wildman–Crippen MR) is 93.8 cm³/mol. The number of rotatable bonds is 5. The first-order chi connectivity index (χ1) is 12.0. The SMILES string of the molecule is COc1ccc(/C=C2\C(=O)N(CC(=O)O)c3ccccc32)cc1OC. The van der Waals surface area contributed by atoms with Crippen LogP contribution in [0.1, 0.15) is 11.1 Å². The molecular weight excluding hydrogens is 322 g/mol. The maximum Gasteiger partial charge on any atom is 0.323 e. The van der Waals surface area contributed by atoms with Crippen LogP contribution in [0, 0.1) is 0 Å². The van der Waals surface area contributed by atoms with Crippen LogP contribution in [0.2, 0.25) is 0 Å². The van der Waals surface area contributed by atoms with Crippen molar-refractivity contribution in [3.8, 4) is 11.5 Å². The fourth-order valence-electron chi connectivity index (χ4n) is 2.85. The van der Waals surface area contributed by atoms with Gasteiger partial charge in [-0.1, -0.05) is 24.3 Å².